The lowest BCUT2D eigenvalue weighted by molar-refractivity contribution is -0.117. The number of nitrogens with zero attached hydrogens (tertiary/aromatic N) is 7. The molecule has 1 atom stereocenters. The van der Waals surface area contributed by atoms with Crippen LogP contribution in [0.15, 0.2) is 48.9 Å². The molecule has 3 aromatic heterocycles. The Labute approximate surface area is 200 Å². The maximum atomic E-state index is 12.4. The van der Waals surface area contributed by atoms with Gasteiger partial charge in [-0.15, -0.1) is 5.10 Å². The number of pyridine rings is 1. The van der Waals surface area contributed by atoms with Crippen LogP contribution in [-0.2, 0) is 4.79 Å². The summed E-state index contributed by atoms with van der Waals surface area (Å²) in [4.78, 5) is 27.5. The lowest BCUT2D eigenvalue weighted by Crippen LogP contribution is -2.40. The summed E-state index contributed by atoms with van der Waals surface area (Å²) >= 11 is 0. The lowest BCUT2D eigenvalue weighted by atomic mass is 10.1. The number of fused-ring (bicyclic) bond motifs is 3. The van der Waals surface area contributed by atoms with Gasteiger partial charge in [-0.25, -0.2) is 14.6 Å². The zero-order valence-corrected chi connectivity index (χ0v) is 19.2. The molecule has 0 bridgehead atoms. The van der Waals surface area contributed by atoms with Crippen LogP contribution in [0, 0.1) is 6.92 Å². The average Bonchev–Trinajstić information content (AvgIpc) is 3.49. The highest BCUT2D eigenvalue weighted by molar-refractivity contribution is 5.98. The number of aromatic nitrogens is 6. The van der Waals surface area contributed by atoms with Crippen molar-refractivity contribution in [2.75, 3.05) is 23.9 Å². The molecule has 35 heavy (non-hydrogen) atoms. The van der Waals surface area contributed by atoms with Crippen molar-refractivity contribution >= 4 is 23.2 Å². The molecule has 1 amide bonds. The summed E-state index contributed by atoms with van der Waals surface area (Å²) in [7, 11) is 1.57. The molecular formula is C24H22N8O3. The van der Waals surface area contributed by atoms with Crippen LogP contribution < -0.4 is 19.7 Å². The van der Waals surface area contributed by atoms with E-state index in [1.807, 2.05) is 37.3 Å². The topological polar surface area (TPSA) is 120 Å². The molecule has 5 heterocycles. The number of hydrogen-bond acceptors (Lipinski definition) is 9. The van der Waals surface area contributed by atoms with Crippen LogP contribution in [0.3, 0.4) is 0 Å². The summed E-state index contributed by atoms with van der Waals surface area (Å²) < 4.78 is 13.1. The number of rotatable bonds is 5. The zero-order valence-electron chi connectivity index (χ0n) is 19.2. The second-order valence-corrected chi connectivity index (χ2v) is 8.39. The molecule has 2 aliphatic rings. The van der Waals surface area contributed by atoms with E-state index >= 15 is 0 Å². The van der Waals surface area contributed by atoms with Gasteiger partial charge < -0.3 is 19.7 Å². The number of benzene rings is 1. The second-order valence-electron chi connectivity index (χ2n) is 8.39. The predicted octanol–water partition coefficient (Wildman–Crippen LogP) is 3.07. The molecule has 0 spiro atoms. The molecule has 4 aromatic rings. The molecule has 0 aliphatic carbocycles. The monoisotopic (exact) mass is 470 g/mol. The van der Waals surface area contributed by atoms with Crippen molar-refractivity contribution in [1.29, 1.82) is 0 Å². The van der Waals surface area contributed by atoms with E-state index < -0.39 is 0 Å². The molecule has 11 nitrogen and oxygen atoms in total. The van der Waals surface area contributed by atoms with Crippen molar-refractivity contribution in [2.24, 2.45) is 0 Å². The van der Waals surface area contributed by atoms with Crippen LogP contribution in [0.2, 0.25) is 0 Å². The van der Waals surface area contributed by atoms with Gasteiger partial charge in [-0.3, -0.25) is 4.79 Å². The quantitative estimate of drug-likeness (QED) is 0.469. The Bertz CT molecular complexity index is 1420. The van der Waals surface area contributed by atoms with Crippen molar-refractivity contribution < 1.29 is 14.3 Å². The van der Waals surface area contributed by atoms with Gasteiger partial charge in [-0.1, -0.05) is 17.3 Å². The summed E-state index contributed by atoms with van der Waals surface area (Å²) in [5.74, 6) is 1.32. The molecule has 6 rings (SSSR count). The summed E-state index contributed by atoms with van der Waals surface area (Å²) in [6.45, 7) is 2.42. The standard InChI is InChI=1S/C24H22N8O3/c1-14-10-27-30-32(14)17-5-3-15(4-6-17)19-12-26-24(29-22(19)34-2)28-16-9-20-23(25-11-16)35-13-18-7-8-21(33)31(18)20/h3-6,9-12,18H,7-8,13H2,1-2H3,(H,26,28,29)/t18-/m0/s1. The molecule has 11 heteroatoms. The van der Waals surface area contributed by atoms with Gasteiger partial charge in [0, 0.05) is 12.6 Å². The first-order valence-corrected chi connectivity index (χ1v) is 11.2. The fourth-order valence-corrected chi connectivity index (χ4v) is 4.43. The van der Waals surface area contributed by atoms with Crippen molar-refractivity contribution in [1.82, 2.24) is 29.9 Å². The number of carbonyl (C=O) groups is 1. The first-order chi connectivity index (χ1) is 17.1. The van der Waals surface area contributed by atoms with E-state index in [9.17, 15) is 4.79 Å². The van der Waals surface area contributed by atoms with Gasteiger partial charge in [0.15, 0.2) is 0 Å². The maximum absolute atomic E-state index is 12.4. The third kappa shape index (κ3) is 3.70. The van der Waals surface area contributed by atoms with Gasteiger partial charge in [0.05, 0.1) is 48.2 Å². The molecule has 0 unspecified atom stereocenters. The number of carbonyl (C=O) groups excluding carboxylic acids is 1. The Morgan fingerprint density at radius 1 is 1.14 bits per heavy atom. The Kier molecular flexibility index (Phi) is 5.02. The highest BCUT2D eigenvalue weighted by atomic mass is 16.5. The predicted molar refractivity (Wildman–Crippen MR) is 127 cm³/mol. The Balaban J connectivity index is 1.26. The van der Waals surface area contributed by atoms with Gasteiger partial charge in [-0.2, -0.15) is 4.98 Å². The molecule has 1 fully saturated rings. The van der Waals surface area contributed by atoms with Crippen LogP contribution in [0.4, 0.5) is 17.3 Å². The zero-order chi connectivity index (χ0) is 23.9. The van der Waals surface area contributed by atoms with Crippen molar-refractivity contribution in [3.63, 3.8) is 0 Å². The number of ether oxygens (including phenoxy) is 2. The van der Waals surface area contributed by atoms with Crippen LogP contribution in [0.1, 0.15) is 18.5 Å². The van der Waals surface area contributed by atoms with Gasteiger partial charge in [0.25, 0.3) is 0 Å². The Hall–Kier alpha value is -4.54. The third-order valence-corrected chi connectivity index (χ3v) is 6.18. The first kappa shape index (κ1) is 21.0. The largest absolute Gasteiger partial charge is 0.480 e. The molecule has 1 aromatic carbocycles. The number of amides is 1. The van der Waals surface area contributed by atoms with Crippen LogP contribution in [0.5, 0.6) is 11.8 Å². The molecule has 2 aliphatic heterocycles. The molecule has 1 N–H and O–H groups in total. The minimum Gasteiger partial charge on any atom is -0.480 e. The second kappa shape index (κ2) is 8.35. The minimum atomic E-state index is 0.0579. The van der Waals surface area contributed by atoms with Gasteiger partial charge in [-0.05, 0) is 37.1 Å². The van der Waals surface area contributed by atoms with Crippen LogP contribution in [-0.4, -0.2) is 55.6 Å². The average molecular weight is 470 g/mol. The fraction of sp³-hybridized carbons (Fsp3) is 0.250. The molecule has 0 saturated carbocycles. The molecule has 1 saturated heterocycles. The van der Waals surface area contributed by atoms with Gasteiger partial charge in [0.1, 0.15) is 12.3 Å². The highest BCUT2D eigenvalue weighted by Crippen LogP contribution is 2.39. The minimum absolute atomic E-state index is 0.0579. The summed E-state index contributed by atoms with van der Waals surface area (Å²) in [6.07, 6.45) is 6.36. The van der Waals surface area contributed by atoms with Gasteiger partial charge in [0.2, 0.25) is 23.6 Å². The van der Waals surface area contributed by atoms with Crippen molar-refractivity contribution in [3.8, 4) is 28.6 Å². The summed E-state index contributed by atoms with van der Waals surface area (Å²) in [5.41, 5.74) is 4.82. The van der Waals surface area contributed by atoms with E-state index in [1.165, 1.54) is 0 Å². The van der Waals surface area contributed by atoms with Crippen molar-refractivity contribution in [3.05, 3.63) is 54.6 Å². The van der Waals surface area contributed by atoms with Gasteiger partial charge >= 0.3 is 0 Å². The lowest BCUT2D eigenvalue weighted by Gasteiger charge is -2.31. The fourth-order valence-electron chi connectivity index (χ4n) is 4.43. The number of anilines is 3. The molecule has 0 radical (unpaired) electrons. The van der Waals surface area contributed by atoms with E-state index in [-0.39, 0.29) is 11.9 Å². The smallest absolute Gasteiger partial charge is 0.238 e. The Morgan fingerprint density at radius 2 is 2.00 bits per heavy atom. The maximum Gasteiger partial charge on any atom is 0.238 e. The van der Waals surface area contributed by atoms with Crippen LogP contribution >= 0.6 is 0 Å². The molecule has 176 valence electrons. The van der Waals surface area contributed by atoms with E-state index in [1.54, 1.807) is 35.3 Å². The normalized spacial score (nSPS) is 16.5. The highest BCUT2D eigenvalue weighted by Gasteiger charge is 2.38. The molecular weight excluding hydrogens is 448 g/mol. The number of nitrogens with one attached hydrogen (secondary N) is 1. The van der Waals surface area contributed by atoms with E-state index in [4.69, 9.17) is 9.47 Å². The van der Waals surface area contributed by atoms with Crippen LogP contribution in [0.25, 0.3) is 16.8 Å². The van der Waals surface area contributed by atoms with E-state index in [0.717, 1.165) is 28.9 Å². The van der Waals surface area contributed by atoms with E-state index in [0.29, 0.717) is 42.1 Å². The first-order valence-electron chi connectivity index (χ1n) is 11.2. The SMILES string of the molecule is COc1nc(Nc2cnc3c(c2)N2C(=O)CC[C@H]2CO3)ncc1-c1ccc(-n2nncc2C)cc1. The number of aryl methyl sites for hydroxylation is 1. The summed E-state index contributed by atoms with van der Waals surface area (Å²) in [6, 6.07) is 9.73. The Morgan fingerprint density at radius 3 is 2.77 bits per heavy atom. The number of hydrogen-bond donors (Lipinski definition) is 1. The number of methoxy groups -OCH3 is 1. The van der Waals surface area contributed by atoms with Crippen molar-refractivity contribution in [2.45, 2.75) is 25.8 Å². The summed E-state index contributed by atoms with van der Waals surface area (Å²) in [5, 5.41) is 11.2. The van der Waals surface area contributed by atoms with E-state index in [2.05, 4.69) is 30.6 Å². The third-order valence-electron chi connectivity index (χ3n) is 6.18.